The molecule has 1 aromatic rings. The Kier molecular flexibility index (Phi) is 6.23. The molecule has 0 amide bonds. The Labute approximate surface area is 129 Å². The highest BCUT2D eigenvalue weighted by Gasteiger charge is 2.17. The number of sulfonamides is 1. The van der Waals surface area contributed by atoms with Crippen molar-refractivity contribution in [2.45, 2.75) is 47.1 Å². The predicted molar refractivity (Wildman–Crippen MR) is 90.0 cm³/mol. The van der Waals surface area contributed by atoms with E-state index in [2.05, 4.69) is 23.9 Å². The minimum Gasteiger partial charge on any atom is -0.310 e. The molecule has 0 radical (unpaired) electrons. The normalized spacial score (nSPS) is 14.0. The Hall–Kier alpha value is -1.07. The zero-order valence-corrected chi connectivity index (χ0v) is 14.5. The Bertz CT molecular complexity index is 530. The van der Waals surface area contributed by atoms with E-state index in [1.54, 1.807) is 0 Å². The second-order valence-corrected chi connectivity index (χ2v) is 8.47. The molecule has 21 heavy (non-hydrogen) atoms. The minimum atomic E-state index is -3.28. The lowest BCUT2D eigenvalue weighted by atomic mass is 9.94. The number of nitrogens with one attached hydrogen (secondary N) is 2. The molecular formula is C16H28N2O2S. The van der Waals surface area contributed by atoms with E-state index in [0.29, 0.717) is 12.1 Å². The summed E-state index contributed by atoms with van der Waals surface area (Å²) in [6.45, 7) is 11.2. The van der Waals surface area contributed by atoms with Gasteiger partial charge in [0.15, 0.2) is 0 Å². The molecule has 0 aliphatic heterocycles. The van der Waals surface area contributed by atoms with E-state index in [1.165, 1.54) is 0 Å². The first-order chi connectivity index (χ1) is 9.63. The Morgan fingerprint density at radius 3 is 2.19 bits per heavy atom. The smallest absolute Gasteiger partial charge is 0.232 e. The van der Waals surface area contributed by atoms with Gasteiger partial charge in [0, 0.05) is 11.7 Å². The molecule has 0 saturated carbocycles. The zero-order valence-electron chi connectivity index (χ0n) is 13.7. The average molecular weight is 312 g/mol. The van der Waals surface area contributed by atoms with Gasteiger partial charge in [-0.1, -0.05) is 39.8 Å². The largest absolute Gasteiger partial charge is 0.310 e. The van der Waals surface area contributed by atoms with Gasteiger partial charge in [0.25, 0.3) is 0 Å². The summed E-state index contributed by atoms with van der Waals surface area (Å²) in [5, 5.41) is 3.33. The van der Waals surface area contributed by atoms with Crippen LogP contribution in [-0.4, -0.2) is 20.7 Å². The molecule has 1 atom stereocenters. The van der Waals surface area contributed by atoms with Crippen molar-refractivity contribution in [3.8, 4) is 0 Å². The van der Waals surface area contributed by atoms with Crippen molar-refractivity contribution in [2.75, 3.05) is 17.0 Å². The maximum atomic E-state index is 12.0. The third kappa shape index (κ3) is 6.96. The van der Waals surface area contributed by atoms with Crippen molar-refractivity contribution >= 4 is 15.7 Å². The fraction of sp³-hybridized carbons (Fsp3) is 0.625. The van der Waals surface area contributed by atoms with Gasteiger partial charge in [0.05, 0.1) is 5.75 Å². The summed E-state index contributed by atoms with van der Waals surface area (Å²) < 4.78 is 26.7. The fourth-order valence-corrected chi connectivity index (χ4v) is 3.41. The maximum Gasteiger partial charge on any atom is 0.232 e. The average Bonchev–Trinajstić information content (AvgIpc) is 2.36. The third-order valence-electron chi connectivity index (χ3n) is 3.32. The van der Waals surface area contributed by atoms with Crippen molar-refractivity contribution < 1.29 is 8.42 Å². The van der Waals surface area contributed by atoms with Gasteiger partial charge in [-0.25, -0.2) is 8.42 Å². The first-order valence-electron chi connectivity index (χ1n) is 7.47. The molecule has 4 nitrogen and oxygen atoms in total. The standard InChI is InChI=1S/C16H28N2O2S/c1-6-17-13(2)14-7-9-15(10-8-14)18-21(19,20)12-11-16(3,4)5/h7-10,13,17-18H,6,11-12H2,1-5H3. The van der Waals surface area contributed by atoms with Gasteiger partial charge in [-0.15, -0.1) is 0 Å². The Morgan fingerprint density at radius 2 is 1.71 bits per heavy atom. The van der Waals surface area contributed by atoms with Crippen LogP contribution in [0.2, 0.25) is 0 Å². The van der Waals surface area contributed by atoms with E-state index in [9.17, 15) is 8.42 Å². The second kappa shape index (κ2) is 7.27. The van der Waals surface area contributed by atoms with Crippen molar-refractivity contribution in [2.24, 2.45) is 5.41 Å². The number of hydrogen-bond acceptors (Lipinski definition) is 3. The highest BCUT2D eigenvalue weighted by atomic mass is 32.2. The summed E-state index contributed by atoms with van der Waals surface area (Å²) in [6.07, 6.45) is 0.637. The molecule has 0 aliphatic carbocycles. The highest BCUT2D eigenvalue weighted by molar-refractivity contribution is 7.92. The Morgan fingerprint density at radius 1 is 1.14 bits per heavy atom. The molecule has 0 spiro atoms. The van der Waals surface area contributed by atoms with Gasteiger partial charge in [-0.3, -0.25) is 4.72 Å². The zero-order chi connectivity index (χ0) is 16.1. The highest BCUT2D eigenvalue weighted by Crippen LogP contribution is 2.21. The molecule has 0 aliphatic rings. The van der Waals surface area contributed by atoms with Crippen LogP contribution in [0, 0.1) is 5.41 Å². The van der Waals surface area contributed by atoms with E-state index in [1.807, 2.05) is 45.0 Å². The van der Waals surface area contributed by atoms with Gasteiger partial charge in [-0.05, 0) is 43.0 Å². The summed E-state index contributed by atoms with van der Waals surface area (Å²) in [6, 6.07) is 7.81. The van der Waals surface area contributed by atoms with E-state index in [0.717, 1.165) is 12.1 Å². The van der Waals surface area contributed by atoms with Crippen LogP contribution < -0.4 is 10.0 Å². The minimum absolute atomic E-state index is 0.0138. The van der Waals surface area contributed by atoms with Crippen LogP contribution in [0.1, 0.15) is 52.6 Å². The van der Waals surface area contributed by atoms with Crippen LogP contribution >= 0.6 is 0 Å². The summed E-state index contributed by atoms with van der Waals surface area (Å²) in [5.41, 5.74) is 1.78. The van der Waals surface area contributed by atoms with Crippen LogP contribution in [0.25, 0.3) is 0 Å². The number of hydrogen-bond donors (Lipinski definition) is 2. The SMILES string of the molecule is CCNC(C)c1ccc(NS(=O)(=O)CCC(C)(C)C)cc1. The number of rotatable bonds is 7. The summed E-state index contributed by atoms with van der Waals surface area (Å²) >= 11 is 0. The third-order valence-corrected chi connectivity index (χ3v) is 4.60. The van der Waals surface area contributed by atoms with E-state index >= 15 is 0 Å². The van der Waals surface area contributed by atoms with Crippen LogP contribution in [0.4, 0.5) is 5.69 Å². The quantitative estimate of drug-likeness (QED) is 0.809. The van der Waals surface area contributed by atoms with Crippen molar-refractivity contribution in [1.29, 1.82) is 0 Å². The van der Waals surface area contributed by atoms with E-state index in [-0.39, 0.29) is 17.2 Å². The molecule has 5 heteroatoms. The van der Waals surface area contributed by atoms with Crippen LogP contribution in [0.3, 0.4) is 0 Å². The van der Waals surface area contributed by atoms with Crippen LogP contribution in [0.5, 0.6) is 0 Å². The van der Waals surface area contributed by atoms with Crippen molar-refractivity contribution in [3.05, 3.63) is 29.8 Å². The van der Waals surface area contributed by atoms with Crippen LogP contribution in [-0.2, 0) is 10.0 Å². The molecule has 0 aromatic heterocycles. The van der Waals surface area contributed by atoms with Crippen LogP contribution in [0.15, 0.2) is 24.3 Å². The molecular weight excluding hydrogens is 284 g/mol. The first-order valence-corrected chi connectivity index (χ1v) is 9.12. The molecule has 1 rings (SSSR count). The Balaban J connectivity index is 2.66. The monoisotopic (exact) mass is 312 g/mol. The fourth-order valence-electron chi connectivity index (χ4n) is 1.94. The molecule has 120 valence electrons. The topological polar surface area (TPSA) is 58.2 Å². The maximum absolute atomic E-state index is 12.0. The molecule has 0 bridgehead atoms. The molecule has 1 unspecified atom stereocenters. The molecule has 1 aromatic carbocycles. The number of anilines is 1. The molecule has 2 N–H and O–H groups in total. The second-order valence-electron chi connectivity index (χ2n) is 6.63. The molecule has 0 fully saturated rings. The lowest BCUT2D eigenvalue weighted by Gasteiger charge is -2.18. The summed E-state index contributed by atoms with van der Waals surface area (Å²) in [7, 11) is -3.28. The van der Waals surface area contributed by atoms with E-state index < -0.39 is 10.0 Å². The van der Waals surface area contributed by atoms with Gasteiger partial charge >= 0.3 is 0 Å². The van der Waals surface area contributed by atoms with Gasteiger partial charge < -0.3 is 5.32 Å². The van der Waals surface area contributed by atoms with E-state index in [4.69, 9.17) is 0 Å². The van der Waals surface area contributed by atoms with Crippen molar-refractivity contribution in [1.82, 2.24) is 5.32 Å². The van der Waals surface area contributed by atoms with Gasteiger partial charge in [0.2, 0.25) is 10.0 Å². The molecule has 0 heterocycles. The van der Waals surface area contributed by atoms with Gasteiger partial charge in [-0.2, -0.15) is 0 Å². The summed E-state index contributed by atoms with van der Waals surface area (Å²) in [4.78, 5) is 0. The van der Waals surface area contributed by atoms with Crippen molar-refractivity contribution in [3.63, 3.8) is 0 Å². The summed E-state index contributed by atoms with van der Waals surface area (Å²) in [5.74, 6) is 0.145. The number of benzene rings is 1. The molecule has 0 saturated heterocycles. The lowest BCUT2D eigenvalue weighted by Crippen LogP contribution is -2.21. The lowest BCUT2D eigenvalue weighted by molar-refractivity contribution is 0.397. The predicted octanol–water partition coefficient (Wildman–Crippen LogP) is 3.54. The van der Waals surface area contributed by atoms with Gasteiger partial charge in [0.1, 0.15) is 0 Å². The first kappa shape index (κ1) is 18.0.